The van der Waals surface area contributed by atoms with Gasteiger partial charge in [0.15, 0.2) is 0 Å². The molecular weight excluding hydrogens is 106 g/mol. The molecule has 0 unspecified atom stereocenters. The summed E-state index contributed by atoms with van der Waals surface area (Å²) in [5.74, 6) is 0.174. The summed E-state index contributed by atoms with van der Waals surface area (Å²) in [7, 11) is 2.87. The SMILES string of the molecule is COC=C(C#N)OC. The molecule has 0 saturated carbocycles. The molecule has 8 heavy (non-hydrogen) atoms. The highest BCUT2D eigenvalue weighted by molar-refractivity contribution is 5.09. The highest BCUT2D eigenvalue weighted by Crippen LogP contribution is 1.89. The Morgan fingerprint density at radius 3 is 2.38 bits per heavy atom. The summed E-state index contributed by atoms with van der Waals surface area (Å²) in [6.07, 6.45) is 1.24. The van der Waals surface area contributed by atoms with Gasteiger partial charge in [0.1, 0.15) is 12.3 Å². The van der Waals surface area contributed by atoms with Crippen LogP contribution in [0.5, 0.6) is 0 Å². The summed E-state index contributed by atoms with van der Waals surface area (Å²) >= 11 is 0. The lowest BCUT2D eigenvalue weighted by atomic mass is 10.6. The molecule has 0 N–H and O–H groups in total. The zero-order valence-corrected chi connectivity index (χ0v) is 4.84. The molecule has 0 bridgehead atoms. The number of nitriles is 1. The van der Waals surface area contributed by atoms with Gasteiger partial charge >= 0.3 is 0 Å². The molecule has 0 atom stereocenters. The van der Waals surface area contributed by atoms with E-state index >= 15 is 0 Å². The molecule has 0 aromatic rings. The van der Waals surface area contributed by atoms with Gasteiger partial charge in [-0.3, -0.25) is 0 Å². The van der Waals surface area contributed by atoms with Crippen molar-refractivity contribution in [2.24, 2.45) is 0 Å². The topological polar surface area (TPSA) is 42.2 Å². The Morgan fingerprint density at radius 2 is 2.25 bits per heavy atom. The lowest BCUT2D eigenvalue weighted by Crippen LogP contribution is -1.81. The van der Waals surface area contributed by atoms with E-state index in [4.69, 9.17) is 5.26 Å². The van der Waals surface area contributed by atoms with Crippen LogP contribution in [0.1, 0.15) is 0 Å². The van der Waals surface area contributed by atoms with Crippen molar-refractivity contribution in [3.8, 4) is 6.07 Å². The molecule has 0 spiro atoms. The summed E-state index contributed by atoms with van der Waals surface area (Å²) in [6.45, 7) is 0. The molecule has 0 rings (SSSR count). The molecule has 0 fully saturated rings. The Kier molecular flexibility index (Phi) is 3.42. The van der Waals surface area contributed by atoms with Crippen LogP contribution in [-0.4, -0.2) is 14.2 Å². The van der Waals surface area contributed by atoms with Crippen LogP contribution in [0.15, 0.2) is 12.0 Å². The minimum absolute atomic E-state index is 0.174. The van der Waals surface area contributed by atoms with Crippen molar-refractivity contribution < 1.29 is 9.47 Å². The van der Waals surface area contributed by atoms with E-state index in [-0.39, 0.29) is 5.76 Å². The Morgan fingerprint density at radius 1 is 1.62 bits per heavy atom. The maximum Gasteiger partial charge on any atom is 0.232 e. The smallest absolute Gasteiger partial charge is 0.232 e. The van der Waals surface area contributed by atoms with Crippen LogP contribution in [0, 0.1) is 11.3 Å². The molecule has 0 saturated heterocycles. The Labute approximate surface area is 48.1 Å². The van der Waals surface area contributed by atoms with Crippen molar-refractivity contribution in [3.05, 3.63) is 12.0 Å². The third kappa shape index (κ3) is 2.08. The molecule has 3 nitrogen and oxygen atoms in total. The maximum absolute atomic E-state index is 8.13. The van der Waals surface area contributed by atoms with Gasteiger partial charge in [-0.05, 0) is 0 Å². The lowest BCUT2D eigenvalue weighted by molar-refractivity contribution is 0.264. The van der Waals surface area contributed by atoms with Gasteiger partial charge in [0.05, 0.1) is 14.2 Å². The van der Waals surface area contributed by atoms with Crippen LogP contribution >= 0.6 is 0 Å². The van der Waals surface area contributed by atoms with E-state index in [9.17, 15) is 0 Å². The van der Waals surface area contributed by atoms with Gasteiger partial charge in [0, 0.05) is 0 Å². The molecule has 0 aromatic carbocycles. The van der Waals surface area contributed by atoms with Crippen molar-refractivity contribution in [1.82, 2.24) is 0 Å². The molecule has 0 radical (unpaired) electrons. The van der Waals surface area contributed by atoms with Crippen LogP contribution in [0.2, 0.25) is 0 Å². The van der Waals surface area contributed by atoms with Crippen molar-refractivity contribution in [3.63, 3.8) is 0 Å². The monoisotopic (exact) mass is 113 g/mol. The molecule has 0 aliphatic rings. The van der Waals surface area contributed by atoms with E-state index in [1.165, 1.54) is 20.5 Å². The molecule has 44 valence electrons. The Balaban J connectivity index is 3.72. The highest BCUT2D eigenvalue weighted by Gasteiger charge is 1.86. The Bertz CT molecular complexity index is 123. The van der Waals surface area contributed by atoms with Gasteiger partial charge in [0.2, 0.25) is 5.76 Å². The predicted octanol–water partition coefficient (Wildman–Crippen LogP) is 0.644. The quantitative estimate of drug-likeness (QED) is 0.390. The van der Waals surface area contributed by atoms with Gasteiger partial charge in [-0.1, -0.05) is 0 Å². The van der Waals surface area contributed by atoms with E-state index in [1.807, 2.05) is 0 Å². The zero-order chi connectivity index (χ0) is 6.41. The summed E-state index contributed by atoms with van der Waals surface area (Å²) in [5.41, 5.74) is 0. The van der Waals surface area contributed by atoms with Gasteiger partial charge in [-0.15, -0.1) is 0 Å². The maximum atomic E-state index is 8.13. The lowest BCUT2D eigenvalue weighted by Gasteiger charge is -1.91. The first-order chi connectivity index (χ1) is 3.85. The average molecular weight is 113 g/mol. The highest BCUT2D eigenvalue weighted by atomic mass is 16.5. The van der Waals surface area contributed by atoms with Gasteiger partial charge in [0.25, 0.3) is 0 Å². The number of hydrogen-bond acceptors (Lipinski definition) is 3. The molecule has 0 heterocycles. The number of methoxy groups -OCH3 is 2. The molecule has 3 heteroatoms. The number of hydrogen-bond donors (Lipinski definition) is 0. The van der Waals surface area contributed by atoms with Gasteiger partial charge in [-0.2, -0.15) is 5.26 Å². The molecule has 0 aliphatic carbocycles. The minimum Gasteiger partial charge on any atom is -0.500 e. The van der Waals surface area contributed by atoms with Gasteiger partial charge < -0.3 is 9.47 Å². The number of rotatable bonds is 2. The predicted molar refractivity (Wildman–Crippen MR) is 27.7 cm³/mol. The molecular formula is C5H7NO2. The van der Waals surface area contributed by atoms with Crippen LogP contribution in [0.25, 0.3) is 0 Å². The van der Waals surface area contributed by atoms with E-state index < -0.39 is 0 Å². The number of ether oxygens (including phenoxy) is 2. The standard InChI is InChI=1S/C5H7NO2/c1-7-4-5(3-6)8-2/h4H,1-2H3. The number of nitrogens with zero attached hydrogens (tertiary/aromatic N) is 1. The fourth-order valence-corrected chi connectivity index (χ4v) is 0.227. The van der Waals surface area contributed by atoms with E-state index in [0.29, 0.717) is 0 Å². The average Bonchev–Trinajstić information content (AvgIpc) is 1.83. The van der Waals surface area contributed by atoms with Crippen LogP contribution in [-0.2, 0) is 9.47 Å². The second-order valence-electron chi connectivity index (χ2n) is 1.03. The van der Waals surface area contributed by atoms with E-state index in [2.05, 4.69) is 9.47 Å². The van der Waals surface area contributed by atoms with Crippen LogP contribution in [0.3, 0.4) is 0 Å². The first kappa shape index (κ1) is 6.83. The molecule has 0 amide bonds. The molecule has 0 aliphatic heterocycles. The van der Waals surface area contributed by atoms with Crippen LogP contribution in [0.4, 0.5) is 0 Å². The fourth-order valence-electron chi connectivity index (χ4n) is 0.227. The third-order valence-electron chi connectivity index (χ3n) is 0.555. The van der Waals surface area contributed by atoms with Crippen LogP contribution < -0.4 is 0 Å². The normalized spacial score (nSPS) is 9.88. The number of allylic oxidation sites excluding steroid dienone is 1. The fraction of sp³-hybridized carbons (Fsp3) is 0.400. The molecule has 0 aromatic heterocycles. The summed E-state index contributed by atoms with van der Waals surface area (Å²) in [4.78, 5) is 0. The minimum atomic E-state index is 0.174. The second kappa shape index (κ2) is 4.00. The second-order valence-corrected chi connectivity index (χ2v) is 1.03. The Hall–Kier alpha value is -1.17. The van der Waals surface area contributed by atoms with Crippen molar-refractivity contribution >= 4 is 0 Å². The zero-order valence-electron chi connectivity index (χ0n) is 4.84. The third-order valence-corrected chi connectivity index (χ3v) is 0.555. The van der Waals surface area contributed by atoms with Crippen molar-refractivity contribution in [2.75, 3.05) is 14.2 Å². The largest absolute Gasteiger partial charge is 0.500 e. The van der Waals surface area contributed by atoms with Gasteiger partial charge in [-0.25, -0.2) is 0 Å². The van der Waals surface area contributed by atoms with Crippen molar-refractivity contribution in [2.45, 2.75) is 0 Å². The summed E-state index contributed by atoms with van der Waals surface area (Å²) in [6, 6.07) is 1.77. The first-order valence-electron chi connectivity index (χ1n) is 2.02. The van der Waals surface area contributed by atoms with E-state index in [0.717, 1.165) is 0 Å². The first-order valence-corrected chi connectivity index (χ1v) is 2.02. The van der Waals surface area contributed by atoms with Crippen molar-refractivity contribution in [1.29, 1.82) is 5.26 Å². The summed E-state index contributed by atoms with van der Waals surface area (Å²) in [5, 5.41) is 8.13. The summed E-state index contributed by atoms with van der Waals surface area (Å²) < 4.78 is 8.99. The van der Waals surface area contributed by atoms with E-state index in [1.54, 1.807) is 6.07 Å².